The molecule has 0 amide bonds. The first-order chi connectivity index (χ1) is 14.6. The van der Waals surface area contributed by atoms with Crippen molar-refractivity contribution in [3.8, 4) is 22.7 Å². The molecular formula is C25H19N3O2. The number of hydrogen-bond acceptors (Lipinski definition) is 4. The van der Waals surface area contributed by atoms with E-state index in [0.717, 1.165) is 44.2 Å². The van der Waals surface area contributed by atoms with Crippen LogP contribution in [0.3, 0.4) is 0 Å². The quantitative estimate of drug-likeness (QED) is 0.408. The van der Waals surface area contributed by atoms with Gasteiger partial charge in [0.1, 0.15) is 0 Å². The Bertz CT molecular complexity index is 1450. The van der Waals surface area contributed by atoms with Crippen molar-refractivity contribution in [3.63, 3.8) is 0 Å². The lowest BCUT2D eigenvalue weighted by atomic mass is 10.0. The normalized spacial score (nSPS) is 11.1. The highest BCUT2D eigenvalue weighted by Gasteiger charge is 2.12. The fraction of sp³-hybridized carbons (Fsp3) is 0.0800. The summed E-state index contributed by atoms with van der Waals surface area (Å²) in [6.45, 7) is 2.02. The number of benzene rings is 2. The molecule has 0 aliphatic carbocycles. The molecule has 5 aromatic rings. The third-order valence-corrected chi connectivity index (χ3v) is 5.26. The van der Waals surface area contributed by atoms with Crippen LogP contribution < -0.4 is 10.3 Å². The summed E-state index contributed by atoms with van der Waals surface area (Å²) in [5.74, 6) is 0.569. The van der Waals surface area contributed by atoms with Crippen LogP contribution in [0.25, 0.3) is 38.6 Å². The van der Waals surface area contributed by atoms with Gasteiger partial charge in [0.25, 0.3) is 5.56 Å². The van der Waals surface area contributed by atoms with Gasteiger partial charge in [-0.15, -0.1) is 0 Å². The van der Waals surface area contributed by atoms with Gasteiger partial charge in [-0.05, 0) is 54.4 Å². The van der Waals surface area contributed by atoms with Gasteiger partial charge >= 0.3 is 0 Å². The van der Waals surface area contributed by atoms with E-state index in [1.54, 1.807) is 23.9 Å². The van der Waals surface area contributed by atoms with Crippen LogP contribution in [-0.4, -0.2) is 21.6 Å². The third kappa shape index (κ3) is 3.01. The molecule has 3 aromatic heterocycles. The van der Waals surface area contributed by atoms with E-state index in [1.165, 1.54) is 0 Å². The highest BCUT2D eigenvalue weighted by atomic mass is 16.5. The second-order valence-corrected chi connectivity index (χ2v) is 7.23. The Hall–Kier alpha value is -3.99. The van der Waals surface area contributed by atoms with Crippen LogP contribution in [0.15, 0.2) is 83.9 Å². The van der Waals surface area contributed by atoms with Gasteiger partial charge in [0.2, 0.25) is 5.88 Å². The minimum atomic E-state index is -0.0721. The van der Waals surface area contributed by atoms with E-state index in [2.05, 4.69) is 16.0 Å². The zero-order valence-electron chi connectivity index (χ0n) is 16.7. The number of aryl methyl sites for hydroxylation is 1. The first-order valence-electron chi connectivity index (χ1n) is 9.66. The summed E-state index contributed by atoms with van der Waals surface area (Å²) in [7, 11) is 1.60. The average Bonchev–Trinajstić information content (AvgIpc) is 2.78. The molecule has 5 nitrogen and oxygen atoms in total. The van der Waals surface area contributed by atoms with Crippen molar-refractivity contribution in [2.24, 2.45) is 0 Å². The van der Waals surface area contributed by atoms with Gasteiger partial charge in [-0.1, -0.05) is 18.2 Å². The molecule has 0 aliphatic heterocycles. The summed E-state index contributed by atoms with van der Waals surface area (Å²) in [6.07, 6.45) is 3.60. The average molecular weight is 393 g/mol. The Kier molecular flexibility index (Phi) is 4.29. The smallest absolute Gasteiger partial charge is 0.255 e. The van der Waals surface area contributed by atoms with Crippen molar-refractivity contribution >= 4 is 21.8 Å². The standard InChI is InChI=1S/C25H19N3O2/c1-16-4-3-5-20(12-16)28-24(29)11-8-19-15-26-22-9-6-17(13-21(22)25(19)28)18-7-10-23(30-2)27-14-18/h3-15H,1-2H3. The van der Waals surface area contributed by atoms with Gasteiger partial charge < -0.3 is 4.74 Å². The molecule has 3 heterocycles. The SMILES string of the molecule is COc1ccc(-c2ccc3ncc4ccc(=O)n(-c5cccc(C)c5)c4c3c2)cn1. The summed E-state index contributed by atoms with van der Waals surface area (Å²) in [4.78, 5) is 21.8. The lowest BCUT2D eigenvalue weighted by Crippen LogP contribution is -2.17. The van der Waals surface area contributed by atoms with Gasteiger partial charge in [0.05, 0.1) is 18.1 Å². The monoisotopic (exact) mass is 393 g/mol. The molecule has 0 saturated heterocycles. The van der Waals surface area contributed by atoms with Gasteiger partial charge in [0, 0.05) is 46.5 Å². The zero-order chi connectivity index (χ0) is 20.7. The molecule has 5 heteroatoms. The van der Waals surface area contributed by atoms with Crippen molar-refractivity contribution < 1.29 is 4.74 Å². The summed E-state index contributed by atoms with van der Waals surface area (Å²) in [5, 5.41) is 1.83. The van der Waals surface area contributed by atoms with Gasteiger partial charge in [-0.2, -0.15) is 0 Å². The Morgan fingerprint density at radius 1 is 0.867 bits per heavy atom. The highest BCUT2D eigenvalue weighted by Crippen LogP contribution is 2.29. The van der Waals surface area contributed by atoms with Crippen molar-refractivity contribution in [2.45, 2.75) is 6.92 Å². The largest absolute Gasteiger partial charge is 0.481 e. The second-order valence-electron chi connectivity index (χ2n) is 7.23. The maximum absolute atomic E-state index is 12.9. The number of aromatic nitrogens is 3. The van der Waals surface area contributed by atoms with E-state index in [4.69, 9.17) is 4.74 Å². The van der Waals surface area contributed by atoms with E-state index >= 15 is 0 Å². The fourth-order valence-corrected chi connectivity index (χ4v) is 3.79. The Morgan fingerprint density at radius 3 is 2.50 bits per heavy atom. The number of hydrogen-bond donors (Lipinski definition) is 0. The Morgan fingerprint density at radius 2 is 1.73 bits per heavy atom. The topological polar surface area (TPSA) is 57.0 Å². The molecule has 0 aliphatic rings. The summed E-state index contributed by atoms with van der Waals surface area (Å²) < 4.78 is 6.93. The van der Waals surface area contributed by atoms with E-state index in [1.807, 2.05) is 67.7 Å². The lowest BCUT2D eigenvalue weighted by molar-refractivity contribution is 0.398. The van der Waals surface area contributed by atoms with E-state index < -0.39 is 0 Å². The molecule has 0 unspecified atom stereocenters. The van der Waals surface area contributed by atoms with Crippen LogP contribution in [0, 0.1) is 6.92 Å². The lowest BCUT2D eigenvalue weighted by Gasteiger charge is -2.14. The van der Waals surface area contributed by atoms with Crippen molar-refractivity contribution in [2.75, 3.05) is 7.11 Å². The minimum Gasteiger partial charge on any atom is -0.481 e. The number of fused-ring (bicyclic) bond motifs is 3. The third-order valence-electron chi connectivity index (χ3n) is 5.26. The summed E-state index contributed by atoms with van der Waals surface area (Å²) >= 11 is 0. The van der Waals surface area contributed by atoms with Gasteiger partial charge in [0.15, 0.2) is 0 Å². The zero-order valence-corrected chi connectivity index (χ0v) is 16.7. The van der Waals surface area contributed by atoms with Crippen LogP contribution in [0.4, 0.5) is 0 Å². The molecule has 146 valence electrons. The molecule has 0 bridgehead atoms. The molecule has 5 rings (SSSR count). The molecule has 0 spiro atoms. The summed E-state index contributed by atoms with van der Waals surface area (Å²) in [5.41, 5.74) is 5.52. The van der Waals surface area contributed by atoms with Crippen molar-refractivity contribution in [1.29, 1.82) is 0 Å². The van der Waals surface area contributed by atoms with E-state index in [-0.39, 0.29) is 5.56 Å². The van der Waals surface area contributed by atoms with Gasteiger partial charge in [-0.3, -0.25) is 14.3 Å². The molecule has 30 heavy (non-hydrogen) atoms. The molecule has 0 atom stereocenters. The van der Waals surface area contributed by atoms with Crippen LogP contribution in [0.1, 0.15) is 5.56 Å². The predicted molar refractivity (Wildman–Crippen MR) is 119 cm³/mol. The van der Waals surface area contributed by atoms with Crippen LogP contribution >= 0.6 is 0 Å². The van der Waals surface area contributed by atoms with Crippen LogP contribution in [0.5, 0.6) is 5.88 Å². The molecule has 2 aromatic carbocycles. The number of nitrogens with zero attached hydrogens (tertiary/aromatic N) is 3. The fourth-order valence-electron chi connectivity index (χ4n) is 3.79. The van der Waals surface area contributed by atoms with Crippen molar-refractivity contribution in [1.82, 2.24) is 14.5 Å². The number of rotatable bonds is 3. The highest BCUT2D eigenvalue weighted by molar-refractivity contribution is 6.05. The summed E-state index contributed by atoms with van der Waals surface area (Å²) in [6, 6.07) is 21.3. The number of ether oxygens (including phenoxy) is 1. The van der Waals surface area contributed by atoms with Crippen LogP contribution in [0.2, 0.25) is 0 Å². The second kappa shape index (κ2) is 7.12. The van der Waals surface area contributed by atoms with E-state index in [0.29, 0.717) is 5.88 Å². The van der Waals surface area contributed by atoms with E-state index in [9.17, 15) is 4.79 Å². The predicted octanol–water partition coefficient (Wildman–Crippen LogP) is 4.92. The minimum absolute atomic E-state index is 0.0721. The molecule has 0 radical (unpaired) electrons. The molecule has 0 N–H and O–H groups in total. The van der Waals surface area contributed by atoms with Gasteiger partial charge in [-0.25, -0.2) is 4.98 Å². The molecular weight excluding hydrogens is 374 g/mol. The maximum Gasteiger partial charge on any atom is 0.255 e. The maximum atomic E-state index is 12.9. The first kappa shape index (κ1) is 18.1. The van der Waals surface area contributed by atoms with Crippen molar-refractivity contribution in [3.05, 3.63) is 95.0 Å². The molecule has 0 fully saturated rings. The first-order valence-corrected chi connectivity index (χ1v) is 9.66. The Balaban J connectivity index is 1.83. The molecule has 0 saturated carbocycles. The number of pyridine rings is 3. The number of methoxy groups -OCH3 is 1. The Labute approximate surface area is 173 Å². The van der Waals surface area contributed by atoms with Crippen LogP contribution in [-0.2, 0) is 0 Å².